The fourth-order valence-electron chi connectivity index (χ4n) is 2.46. The zero-order valence-electron chi connectivity index (χ0n) is 11.6. The number of rotatable bonds is 2. The van der Waals surface area contributed by atoms with Gasteiger partial charge in [-0.15, -0.1) is 0 Å². The van der Waals surface area contributed by atoms with Gasteiger partial charge in [-0.3, -0.25) is 0 Å². The highest BCUT2D eigenvalue weighted by molar-refractivity contribution is 6.31. The normalized spacial score (nSPS) is 13.9. The molecule has 0 bridgehead atoms. The van der Waals surface area contributed by atoms with Gasteiger partial charge in [-0.2, -0.15) is 5.26 Å². The number of nitrogens with zero attached hydrogens (tertiary/aromatic N) is 2. The van der Waals surface area contributed by atoms with Gasteiger partial charge in [-0.05, 0) is 30.7 Å². The molecule has 1 N–H and O–H groups in total. The molecule has 0 saturated heterocycles. The maximum absolute atomic E-state index is 9.42. The summed E-state index contributed by atoms with van der Waals surface area (Å²) >= 11 is 6.07. The number of halogens is 1. The van der Waals surface area contributed by atoms with Gasteiger partial charge in [-0.1, -0.05) is 36.7 Å². The first-order chi connectivity index (χ1) is 10.2. The molecule has 0 amide bonds. The standard InChI is InChI=1S/C17H14ClN3/c1-2-11(10-19)17-13-5-3-4-6-14(13)20-15-8-7-12(18)9-16(15)21-17/h3-9,11,20H,2H2,1H3. The van der Waals surface area contributed by atoms with Crippen LogP contribution in [0.2, 0.25) is 5.02 Å². The lowest BCUT2D eigenvalue weighted by molar-refractivity contribution is 0.830. The summed E-state index contributed by atoms with van der Waals surface area (Å²) in [5.41, 5.74) is 4.39. The highest BCUT2D eigenvalue weighted by atomic mass is 35.5. The first-order valence-corrected chi connectivity index (χ1v) is 7.25. The Labute approximate surface area is 128 Å². The number of anilines is 2. The number of aliphatic imine (C=N–C) groups is 1. The largest absolute Gasteiger partial charge is 0.353 e. The van der Waals surface area contributed by atoms with Crippen molar-refractivity contribution in [3.05, 3.63) is 53.1 Å². The molecule has 1 heterocycles. The van der Waals surface area contributed by atoms with Crippen LogP contribution in [0.25, 0.3) is 0 Å². The van der Waals surface area contributed by atoms with Crippen LogP contribution in [-0.2, 0) is 0 Å². The van der Waals surface area contributed by atoms with Gasteiger partial charge in [0.25, 0.3) is 0 Å². The van der Waals surface area contributed by atoms with Crippen LogP contribution in [0.15, 0.2) is 47.5 Å². The Balaban J connectivity index is 2.25. The van der Waals surface area contributed by atoms with E-state index in [0.717, 1.165) is 34.8 Å². The Kier molecular flexibility index (Phi) is 3.64. The summed E-state index contributed by atoms with van der Waals surface area (Å²) in [6, 6.07) is 15.8. The average Bonchev–Trinajstić information content (AvgIpc) is 2.65. The highest BCUT2D eigenvalue weighted by Crippen LogP contribution is 2.37. The molecular formula is C17H14ClN3. The van der Waals surface area contributed by atoms with Gasteiger partial charge in [0.1, 0.15) is 0 Å². The smallest absolute Gasteiger partial charge is 0.0889 e. The van der Waals surface area contributed by atoms with Crippen LogP contribution in [0, 0.1) is 17.2 Å². The third-order valence-corrected chi connectivity index (χ3v) is 3.80. The van der Waals surface area contributed by atoms with Crippen LogP contribution in [-0.4, -0.2) is 5.71 Å². The first kappa shape index (κ1) is 13.7. The second-order valence-electron chi connectivity index (χ2n) is 4.92. The van der Waals surface area contributed by atoms with E-state index in [9.17, 15) is 5.26 Å². The fraction of sp³-hybridized carbons (Fsp3) is 0.176. The second-order valence-corrected chi connectivity index (χ2v) is 5.36. The molecule has 3 nitrogen and oxygen atoms in total. The molecule has 104 valence electrons. The van der Waals surface area contributed by atoms with E-state index >= 15 is 0 Å². The minimum absolute atomic E-state index is 0.238. The van der Waals surface area contributed by atoms with Crippen molar-refractivity contribution in [2.75, 3.05) is 5.32 Å². The Morgan fingerprint density at radius 2 is 2.05 bits per heavy atom. The summed E-state index contributed by atoms with van der Waals surface area (Å²) in [5.74, 6) is -0.238. The molecule has 3 rings (SSSR count). The summed E-state index contributed by atoms with van der Waals surface area (Å²) in [5, 5.41) is 13.4. The van der Waals surface area contributed by atoms with Crippen molar-refractivity contribution in [1.82, 2.24) is 0 Å². The summed E-state index contributed by atoms with van der Waals surface area (Å²) in [6.07, 6.45) is 0.722. The molecule has 1 atom stereocenters. The van der Waals surface area contributed by atoms with E-state index in [-0.39, 0.29) is 5.92 Å². The Bertz CT molecular complexity index is 759. The van der Waals surface area contributed by atoms with Crippen LogP contribution in [0.5, 0.6) is 0 Å². The van der Waals surface area contributed by atoms with Gasteiger partial charge < -0.3 is 5.32 Å². The monoisotopic (exact) mass is 295 g/mol. The van der Waals surface area contributed by atoms with E-state index in [4.69, 9.17) is 16.6 Å². The predicted molar refractivity (Wildman–Crippen MR) is 86.8 cm³/mol. The van der Waals surface area contributed by atoms with Gasteiger partial charge in [0.2, 0.25) is 0 Å². The minimum atomic E-state index is -0.238. The number of para-hydroxylation sites is 1. The second kappa shape index (κ2) is 5.59. The van der Waals surface area contributed by atoms with Crippen LogP contribution in [0.3, 0.4) is 0 Å². The van der Waals surface area contributed by atoms with Crippen molar-refractivity contribution in [2.24, 2.45) is 10.9 Å². The van der Waals surface area contributed by atoms with Crippen LogP contribution in [0.1, 0.15) is 18.9 Å². The molecule has 4 heteroatoms. The number of benzene rings is 2. The maximum Gasteiger partial charge on any atom is 0.0889 e. The summed E-state index contributed by atoms with van der Waals surface area (Å²) < 4.78 is 0. The molecule has 0 radical (unpaired) electrons. The van der Waals surface area contributed by atoms with Crippen molar-refractivity contribution in [3.8, 4) is 6.07 Å². The first-order valence-electron chi connectivity index (χ1n) is 6.87. The molecule has 1 aliphatic rings. The zero-order valence-corrected chi connectivity index (χ0v) is 12.4. The number of fused-ring (bicyclic) bond motifs is 2. The lowest BCUT2D eigenvalue weighted by atomic mass is 9.94. The third kappa shape index (κ3) is 2.51. The van der Waals surface area contributed by atoms with E-state index < -0.39 is 0 Å². The number of hydrogen-bond acceptors (Lipinski definition) is 3. The summed E-state index contributed by atoms with van der Waals surface area (Å²) in [4.78, 5) is 4.73. The van der Waals surface area contributed by atoms with E-state index in [1.54, 1.807) is 0 Å². The molecule has 0 aliphatic carbocycles. The van der Waals surface area contributed by atoms with Crippen molar-refractivity contribution in [2.45, 2.75) is 13.3 Å². The highest BCUT2D eigenvalue weighted by Gasteiger charge is 2.22. The molecular weight excluding hydrogens is 282 g/mol. The van der Waals surface area contributed by atoms with Crippen LogP contribution < -0.4 is 5.32 Å². The van der Waals surface area contributed by atoms with Crippen LogP contribution >= 0.6 is 11.6 Å². The third-order valence-electron chi connectivity index (χ3n) is 3.57. The van der Waals surface area contributed by atoms with Gasteiger partial charge >= 0.3 is 0 Å². The van der Waals surface area contributed by atoms with Crippen molar-refractivity contribution in [1.29, 1.82) is 5.26 Å². The molecule has 2 aromatic rings. The molecule has 1 unspecified atom stereocenters. The molecule has 0 fully saturated rings. The molecule has 1 aliphatic heterocycles. The summed E-state index contributed by atoms with van der Waals surface area (Å²) in [6.45, 7) is 2.00. The Hall–Kier alpha value is -2.31. The molecule has 0 saturated carbocycles. The number of hydrogen-bond donors (Lipinski definition) is 1. The minimum Gasteiger partial charge on any atom is -0.353 e. The molecule has 0 aromatic heterocycles. The number of nitrogens with one attached hydrogen (secondary N) is 1. The fourth-order valence-corrected chi connectivity index (χ4v) is 2.63. The van der Waals surface area contributed by atoms with E-state index in [2.05, 4.69) is 11.4 Å². The van der Waals surface area contributed by atoms with E-state index in [1.165, 1.54) is 0 Å². The Morgan fingerprint density at radius 1 is 1.24 bits per heavy atom. The molecule has 2 aromatic carbocycles. The zero-order chi connectivity index (χ0) is 14.8. The predicted octanol–water partition coefficient (Wildman–Crippen LogP) is 5.07. The van der Waals surface area contributed by atoms with E-state index in [1.807, 2.05) is 49.4 Å². The number of nitriles is 1. The average molecular weight is 296 g/mol. The van der Waals surface area contributed by atoms with E-state index in [0.29, 0.717) is 5.02 Å². The maximum atomic E-state index is 9.42. The Morgan fingerprint density at radius 3 is 2.81 bits per heavy atom. The quantitative estimate of drug-likeness (QED) is 0.841. The van der Waals surface area contributed by atoms with Crippen molar-refractivity contribution < 1.29 is 0 Å². The van der Waals surface area contributed by atoms with Gasteiger partial charge in [0, 0.05) is 16.3 Å². The van der Waals surface area contributed by atoms with Gasteiger partial charge in [0.05, 0.1) is 29.1 Å². The van der Waals surface area contributed by atoms with Gasteiger partial charge in [0.15, 0.2) is 0 Å². The topological polar surface area (TPSA) is 48.2 Å². The summed E-state index contributed by atoms with van der Waals surface area (Å²) in [7, 11) is 0. The lowest BCUT2D eigenvalue weighted by Gasteiger charge is -2.12. The van der Waals surface area contributed by atoms with Crippen LogP contribution in [0.4, 0.5) is 17.1 Å². The van der Waals surface area contributed by atoms with Crippen molar-refractivity contribution in [3.63, 3.8) is 0 Å². The molecule has 21 heavy (non-hydrogen) atoms. The van der Waals surface area contributed by atoms with Crippen molar-refractivity contribution >= 4 is 34.4 Å². The lowest BCUT2D eigenvalue weighted by Crippen LogP contribution is -2.13. The molecule has 0 spiro atoms. The SMILES string of the molecule is CCC(C#N)C1=Nc2cc(Cl)ccc2Nc2ccccc21. The van der Waals surface area contributed by atoms with Gasteiger partial charge in [-0.25, -0.2) is 4.99 Å².